The lowest BCUT2D eigenvalue weighted by Gasteiger charge is -2.15. The van der Waals surface area contributed by atoms with Crippen LogP contribution in [0.3, 0.4) is 0 Å². The fourth-order valence-corrected chi connectivity index (χ4v) is 3.10. The van der Waals surface area contributed by atoms with Gasteiger partial charge in [0.2, 0.25) is 0 Å². The van der Waals surface area contributed by atoms with Crippen LogP contribution < -0.4 is 15.0 Å². The van der Waals surface area contributed by atoms with E-state index in [-0.39, 0.29) is 10.7 Å². The van der Waals surface area contributed by atoms with Crippen molar-refractivity contribution >= 4 is 34.8 Å². The molecule has 0 bridgehead atoms. The van der Waals surface area contributed by atoms with Gasteiger partial charge in [0.05, 0.1) is 12.8 Å². The van der Waals surface area contributed by atoms with Crippen LogP contribution >= 0.6 is 11.6 Å². The van der Waals surface area contributed by atoms with Gasteiger partial charge in [-0.3, -0.25) is 9.59 Å². The summed E-state index contributed by atoms with van der Waals surface area (Å²) in [6, 6.07) is 14.5. The van der Waals surface area contributed by atoms with Gasteiger partial charge in [0.15, 0.2) is 0 Å². The number of hydrogen-bond donors (Lipinski definition) is 1. The summed E-state index contributed by atoms with van der Waals surface area (Å²) in [5.74, 6) is -0.379. The summed E-state index contributed by atoms with van der Waals surface area (Å²) in [6.45, 7) is 2.14. The van der Waals surface area contributed by atoms with Crippen LogP contribution in [0.15, 0.2) is 59.3 Å². The van der Waals surface area contributed by atoms with Gasteiger partial charge in [0, 0.05) is 11.8 Å². The van der Waals surface area contributed by atoms with Crippen LogP contribution in [-0.2, 0) is 16.0 Å². The van der Waals surface area contributed by atoms with Gasteiger partial charge in [-0.25, -0.2) is 4.90 Å². The summed E-state index contributed by atoms with van der Waals surface area (Å²) in [6.07, 6.45) is 3.19. The van der Waals surface area contributed by atoms with Crippen LogP contribution in [0, 0.1) is 0 Å². The monoisotopic (exact) mass is 384 g/mol. The van der Waals surface area contributed by atoms with Gasteiger partial charge in [-0.05, 0) is 42.7 Å². The first kappa shape index (κ1) is 19.0. The van der Waals surface area contributed by atoms with E-state index in [0.717, 1.165) is 24.2 Å². The van der Waals surface area contributed by atoms with Gasteiger partial charge < -0.3 is 10.1 Å². The zero-order valence-electron chi connectivity index (χ0n) is 15.3. The quantitative estimate of drug-likeness (QED) is 0.715. The molecule has 2 aromatic rings. The van der Waals surface area contributed by atoms with Crippen LogP contribution in [0.4, 0.5) is 11.4 Å². The molecule has 1 aliphatic rings. The Balaban J connectivity index is 1.81. The highest BCUT2D eigenvalue weighted by molar-refractivity contribution is 6.53. The number of ether oxygens (including phenoxy) is 1. The number of carbonyl (C=O) groups is 2. The first-order chi connectivity index (χ1) is 13.0. The van der Waals surface area contributed by atoms with Crippen molar-refractivity contribution in [3.8, 4) is 5.75 Å². The maximum absolute atomic E-state index is 12.8. The fourth-order valence-electron chi connectivity index (χ4n) is 2.88. The number of anilines is 2. The van der Waals surface area contributed by atoms with Crippen molar-refractivity contribution in [3.63, 3.8) is 0 Å². The zero-order chi connectivity index (χ0) is 19.4. The number of unbranched alkanes of at least 4 members (excludes halogenated alkanes) is 1. The molecular formula is C21H21ClN2O3. The number of rotatable bonds is 7. The second-order valence-corrected chi connectivity index (χ2v) is 6.64. The minimum atomic E-state index is -0.534. The normalized spacial score (nSPS) is 14.1. The number of hydrogen-bond acceptors (Lipinski definition) is 4. The maximum Gasteiger partial charge on any atom is 0.283 e. The molecule has 1 heterocycles. The summed E-state index contributed by atoms with van der Waals surface area (Å²) < 4.78 is 5.17. The number of amides is 2. The average Bonchev–Trinajstić information content (AvgIpc) is 2.90. The average molecular weight is 385 g/mol. The molecule has 0 fully saturated rings. The lowest BCUT2D eigenvalue weighted by atomic mass is 10.1. The smallest absolute Gasteiger partial charge is 0.283 e. The predicted molar refractivity (Wildman–Crippen MR) is 107 cm³/mol. The molecule has 6 heteroatoms. The predicted octanol–water partition coefficient (Wildman–Crippen LogP) is 4.47. The van der Waals surface area contributed by atoms with Crippen LogP contribution in [0.2, 0.25) is 0 Å². The highest BCUT2D eigenvalue weighted by Gasteiger charge is 2.38. The molecule has 0 aliphatic carbocycles. The van der Waals surface area contributed by atoms with Gasteiger partial charge in [-0.1, -0.05) is 43.1 Å². The Hall–Kier alpha value is -2.79. The van der Waals surface area contributed by atoms with Crippen molar-refractivity contribution in [2.45, 2.75) is 26.2 Å². The van der Waals surface area contributed by atoms with E-state index in [1.807, 2.05) is 12.1 Å². The number of nitrogens with one attached hydrogen (secondary N) is 1. The minimum Gasteiger partial charge on any atom is -0.497 e. The molecule has 3 rings (SSSR count). The fraction of sp³-hybridized carbons (Fsp3) is 0.238. The van der Waals surface area contributed by atoms with E-state index in [2.05, 4.69) is 12.2 Å². The lowest BCUT2D eigenvalue weighted by molar-refractivity contribution is -0.120. The second kappa shape index (κ2) is 8.27. The molecule has 0 saturated carbocycles. The van der Waals surface area contributed by atoms with E-state index in [0.29, 0.717) is 17.1 Å². The molecule has 27 heavy (non-hydrogen) atoms. The second-order valence-electron chi connectivity index (χ2n) is 6.26. The molecule has 2 amide bonds. The SMILES string of the molecule is CCCCc1ccc(N2C(=O)C(Cl)=C(Nc3cccc(OC)c3)C2=O)cc1. The number of nitrogens with zero attached hydrogens (tertiary/aromatic N) is 1. The molecule has 0 atom stereocenters. The van der Waals surface area contributed by atoms with Gasteiger partial charge in [-0.15, -0.1) is 0 Å². The van der Waals surface area contributed by atoms with Gasteiger partial charge in [0.1, 0.15) is 16.5 Å². The van der Waals surface area contributed by atoms with E-state index in [9.17, 15) is 9.59 Å². The number of imide groups is 1. The van der Waals surface area contributed by atoms with E-state index in [4.69, 9.17) is 16.3 Å². The number of methoxy groups -OCH3 is 1. The van der Waals surface area contributed by atoms with Crippen molar-refractivity contribution < 1.29 is 14.3 Å². The van der Waals surface area contributed by atoms with Gasteiger partial charge >= 0.3 is 0 Å². The highest BCUT2D eigenvalue weighted by Crippen LogP contribution is 2.31. The Labute approximate surface area is 163 Å². The molecule has 0 unspecified atom stereocenters. The van der Waals surface area contributed by atoms with Crippen molar-refractivity contribution in [2.75, 3.05) is 17.3 Å². The van der Waals surface area contributed by atoms with E-state index in [1.54, 1.807) is 43.5 Å². The summed E-state index contributed by atoms with van der Waals surface area (Å²) in [5.41, 5.74) is 2.35. The molecule has 2 aromatic carbocycles. The van der Waals surface area contributed by atoms with E-state index in [1.165, 1.54) is 5.56 Å². The molecular weight excluding hydrogens is 364 g/mol. The zero-order valence-corrected chi connectivity index (χ0v) is 16.0. The summed E-state index contributed by atoms with van der Waals surface area (Å²) in [4.78, 5) is 26.5. The molecule has 0 saturated heterocycles. The molecule has 0 radical (unpaired) electrons. The number of aryl methyl sites for hydroxylation is 1. The van der Waals surface area contributed by atoms with Crippen molar-refractivity contribution in [3.05, 3.63) is 64.8 Å². The topological polar surface area (TPSA) is 58.6 Å². The van der Waals surface area contributed by atoms with Crippen molar-refractivity contribution in [1.29, 1.82) is 0 Å². The maximum atomic E-state index is 12.8. The summed E-state index contributed by atoms with van der Waals surface area (Å²) in [7, 11) is 1.56. The molecule has 1 N–H and O–H groups in total. The Kier molecular flexibility index (Phi) is 5.81. The Morgan fingerprint density at radius 2 is 1.81 bits per heavy atom. The summed E-state index contributed by atoms with van der Waals surface area (Å²) in [5, 5.41) is 2.81. The van der Waals surface area contributed by atoms with Gasteiger partial charge in [-0.2, -0.15) is 0 Å². The third-order valence-electron chi connectivity index (χ3n) is 4.38. The Morgan fingerprint density at radius 1 is 1.07 bits per heavy atom. The molecule has 140 valence electrons. The van der Waals surface area contributed by atoms with Crippen LogP contribution in [0.25, 0.3) is 0 Å². The molecule has 0 spiro atoms. The van der Waals surface area contributed by atoms with Crippen molar-refractivity contribution in [1.82, 2.24) is 0 Å². The minimum absolute atomic E-state index is 0.0602. The van der Waals surface area contributed by atoms with E-state index < -0.39 is 11.8 Å². The number of carbonyl (C=O) groups excluding carboxylic acids is 2. The molecule has 0 aromatic heterocycles. The van der Waals surface area contributed by atoms with E-state index >= 15 is 0 Å². The van der Waals surface area contributed by atoms with Crippen LogP contribution in [0.1, 0.15) is 25.3 Å². The molecule has 1 aliphatic heterocycles. The van der Waals surface area contributed by atoms with Crippen LogP contribution in [0.5, 0.6) is 5.75 Å². The Bertz CT molecular complexity index is 891. The first-order valence-corrected chi connectivity index (χ1v) is 9.21. The number of halogens is 1. The molecule has 5 nitrogen and oxygen atoms in total. The lowest BCUT2D eigenvalue weighted by Crippen LogP contribution is -2.32. The highest BCUT2D eigenvalue weighted by atomic mass is 35.5. The summed E-state index contributed by atoms with van der Waals surface area (Å²) >= 11 is 6.17. The third kappa shape index (κ3) is 3.98. The third-order valence-corrected chi connectivity index (χ3v) is 4.73. The van der Waals surface area contributed by atoms with Crippen LogP contribution in [-0.4, -0.2) is 18.9 Å². The number of benzene rings is 2. The Morgan fingerprint density at radius 3 is 2.48 bits per heavy atom. The largest absolute Gasteiger partial charge is 0.497 e. The van der Waals surface area contributed by atoms with Crippen molar-refractivity contribution in [2.24, 2.45) is 0 Å². The first-order valence-electron chi connectivity index (χ1n) is 8.83. The van der Waals surface area contributed by atoms with Gasteiger partial charge in [0.25, 0.3) is 11.8 Å². The standard InChI is InChI=1S/C21H21ClN2O3/c1-3-4-6-14-9-11-16(12-10-14)24-20(25)18(22)19(21(24)26)23-15-7-5-8-17(13-15)27-2/h5,7-13,23H,3-4,6H2,1-2H3.